The van der Waals surface area contributed by atoms with Crippen molar-refractivity contribution in [1.29, 1.82) is 0 Å². The van der Waals surface area contributed by atoms with Gasteiger partial charge in [0.1, 0.15) is 12.4 Å². The van der Waals surface area contributed by atoms with Crippen molar-refractivity contribution in [3.05, 3.63) is 41.6 Å². The van der Waals surface area contributed by atoms with Gasteiger partial charge in [0.15, 0.2) is 11.6 Å². The third-order valence-corrected chi connectivity index (χ3v) is 6.57. The number of carbonyl (C=O) groups is 1. The van der Waals surface area contributed by atoms with Gasteiger partial charge in [-0.3, -0.25) is 9.89 Å². The van der Waals surface area contributed by atoms with E-state index in [9.17, 15) is 4.79 Å². The van der Waals surface area contributed by atoms with Crippen LogP contribution in [0.25, 0.3) is 22.3 Å². The van der Waals surface area contributed by atoms with E-state index in [2.05, 4.69) is 25.5 Å². The monoisotopic (exact) mass is 523 g/mol. The van der Waals surface area contributed by atoms with Crippen molar-refractivity contribution < 1.29 is 14.3 Å². The number of morpholine rings is 1. The summed E-state index contributed by atoms with van der Waals surface area (Å²) >= 11 is 6.58. The molecule has 11 heteroatoms. The number of hydrogen-bond acceptors (Lipinski definition) is 8. The van der Waals surface area contributed by atoms with Crippen LogP contribution in [0.3, 0.4) is 0 Å². The van der Waals surface area contributed by atoms with Crippen molar-refractivity contribution in [3.63, 3.8) is 0 Å². The molecular formula is C26H30ClN7O3. The molecule has 0 unspecified atom stereocenters. The number of aromatic nitrogens is 5. The highest BCUT2D eigenvalue weighted by molar-refractivity contribution is 6.38. The summed E-state index contributed by atoms with van der Waals surface area (Å²) in [6, 6.07) is 9.59. The van der Waals surface area contributed by atoms with Crippen LogP contribution in [0.15, 0.2) is 36.5 Å². The van der Waals surface area contributed by atoms with Crippen molar-refractivity contribution in [2.75, 3.05) is 43.1 Å². The van der Waals surface area contributed by atoms with Gasteiger partial charge in [-0.2, -0.15) is 10.1 Å². The lowest BCUT2D eigenvalue weighted by Crippen LogP contribution is -2.36. The number of anilines is 3. The fraction of sp³-hybridized carbons (Fsp3) is 0.385. The molecule has 2 aromatic carbocycles. The van der Waals surface area contributed by atoms with Gasteiger partial charge in [0.25, 0.3) is 0 Å². The first-order chi connectivity index (χ1) is 17.9. The van der Waals surface area contributed by atoms with Crippen LogP contribution >= 0.6 is 11.6 Å². The number of Topliss-reactive ketones (excluding diaryl/α,β-unsaturated/α-hetero) is 1. The lowest BCUT2D eigenvalue weighted by Gasteiger charge is -2.30. The van der Waals surface area contributed by atoms with Crippen molar-refractivity contribution in [1.82, 2.24) is 25.0 Å². The molecule has 5 rings (SSSR count). The van der Waals surface area contributed by atoms with E-state index < -0.39 is 0 Å². The van der Waals surface area contributed by atoms with E-state index >= 15 is 0 Å². The molecule has 10 nitrogen and oxygen atoms in total. The minimum atomic E-state index is 0.0482. The van der Waals surface area contributed by atoms with Crippen molar-refractivity contribution in [3.8, 4) is 17.1 Å². The fourth-order valence-corrected chi connectivity index (χ4v) is 4.58. The molecule has 1 fully saturated rings. The van der Waals surface area contributed by atoms with E-state index in [-0.39, 0.29) is 12.4 Å². The summed E-state index contributed by atoms with van der Waals surface area (Å²) in [5.74, 6) is 2.15. The van der Waals surface area contributed by atoms with Gasteiger partial charge in [-0.25, -0.2) is 4.68 Å². The summed E-state index contributed by atoms with van der Waals surface area (Å²) < 4.78 is 13.2. The molecule has 0 amide bonds. The van der Waals surface area contributed by atoms with E-state index in [4.69, 9.17) is 26.1 Å². The number of aromatic amines is 1. The van der Waals surface area contributed by atoms with Crippen LogP contribution in [0.2, 0.25) is 5.02 Å². The number of hydrogen-bond donors (Lipinski definition) is 2. The number of ketones is 1. The summed E-state index contributed by atoms with van der Waals surface area (Å²) in [4.78, 5) is 19.2. The molecule has 194 valence electrons. The highest BCUT2D eigenvalue weighted by Gasteiger charge is 2.20. The third-order valence-electron chi connectivity index (χ3n) is 6.16. The molecule has 4 aromatic rings. The molecule has 1 saturated heterocycles. The van der Waals surface area contributed by atoms with Gasteiger partial charge in [-0.05, 0) is 36.2 Å². The smallest absolute Gasteiger partial charge is 0.225 e. The van der Waals surface area contributed by atoms with Gasteiger partial charge in [0.05, 0.1) is 41.3 Å². The maximum absolute atomic E-state index is 12.3. The van der Waals surface area contributed by atoms with Crippen LogP contribution in [0.5, 0.6) is 5.75 Å². The number of rotatable bonds is 9. The first-order valence-electron chi connectivity index (χ1n) is 12.3. The number of H-pyrrole nitrogens is 1. The molecular weight excluding hydrogens is 494 g/mol. The van der Waals surface area contributed by atoms with Crippen molar-refractivity contribution in [2.45, 2.75) is 20.3 Å². The predicted molar refractivity (Wildman–Crippen MR) is 144 cm³/mol. The Balaban J connectivity index is 1.41. The molecule has 0 aliphatic carbocycles. The lowest BCUT2D eigenvalue weighted by molar-refractivity contribution is -0.121. The second kappa shape index (κ2) is 10.8. The number of carbonyl (C=O) groups excluding carboxylic acids is 1. The zero-order valence-electron chi connectivity index (χ0n) is 21.1. The summed E-state index contributed by atoms with van der Waals surface area (Å²) in [6.45, 7) is 6.83. The van der Waals surface area contributed by atoms with Crippen molar-refractivity contribution >= 4 is 45.6 Å². The minimum Gasteiger partial charge on any atom is -0.484 e. The molecule has 0 spiro atoms. The number of nitrogens with one attached hydrogen (secondary N) is 2. The normalized spacial score (nSPS) is 13.9. The van der Waals surface area contributed by atoms with Crippen LogP contribution in [0.4, 0.5) is 17.3 Å². The number of fused-ring (bicyclic) bond motifs is 1. The van der Waals surface area contributed by atoms with Gasteiger partial charge in [0, 0.05) is 37.5 Å². The molecule has 3 heterocycles. The van der Waals surface area contributed by atoms with E-state index in [0.717, 1.165) is 35.2 Å². The average molecular weight is 524 g/mol. The molecule has 0 bridgehead atoms. The Morgan fingerprint density at radius 2 is 2.05 bits per heavy atom. The van der Waals surface area contributed by atoms with Gasteiger partial charge >= 0.3 is 0 Å². The highest BCUT2D eigenvalue weighted by atomic mass is 35.5. The van der Waals surface area contributed by atoms with E-state index in [1.807, 2.05) is 51.2 Å². The SMILES string of the molecule is CC(C)CC(=O)COc1ccc(-c2nc(Nc3ccc4[nH]ncc4c3Cl)n(C)n2)cc1N1CCOCC1. The standard InChI is InChI=1S/C26H30ClN7O3/c1-16(2)12-18(35)15-37-23-7-4-17(13-22(23)34-8-10-36-11-9-34)25-30-26(33(3)32-25)29-21-6-5-20-19(24(21)27)14-28-31-20/h4-7,13-14,16H,8-12,15H2,1-3H3,(H,28,31)(H,29,30,32). The maximum atomic E-state index is 12.3. The van der Waals surface area contributed by atoms with E-state index in [1.165, 1.54) is 0 Å². The zero-order chi connectivity index (χ0) is 25.9. The zero-order valence-corrected chi connectivity index (χ0v) is 21.9. The van der Waals surface area contributed by atoms with Crippen LogP contribution in [0.1, 0.15) is 20.3 Å². The maximum Gasteiger partial charge on any atom is 0.225 e. The lowest BCUT2D eigenvalue weighted by atomic mass is 10.1. The second-order valence-corrected chi connectivity index (χ2v) is 9.85. The van der Waals surface area contributed by atoms with Crippen LogP contribution in [0, 0.1) is 5.92 Å². The Kier molecular flexibility index (Phi) is 7.29. The summed E-state index contributed by atoms with van der Waals surface area (Å²) in [7, 11) is 1.82. The van der Waals surface area contributed by atoms with E-state index in [0.29, 0.717) is 53.8 Å². The highest BCUT2D eigenvalue weighted by Crippen LogP contribution is 2.35. The third kappa shape index (κ3) is 5.55. The molecule has 0 atom stereocenters. The fourth-order valence-electron chi connectivity index (χ4n) is 4.32. The van der Waals surface area contributed by atoms with Gasteiger partial charge in [-0.15, -0.1) is 5.10 Å². The van der Waals surface area contributed by atoms with Gasteiger partial charge in [0.2, 0.25) is 5.95 Å². The summed E-state index contributed by atoms with van der Waals surface area (Å²) in [5.41, 5.74) is 3.30. The Morgan fingerprint density at radius 3 is 2.84 bits per heavy atom. The van der Waals surface area contributed by atoms with E-state index in [1.54, 1.807) is 10.9 Å². The Hall–Kier alpha value is -3.63. The first kappa shape index (κ1) is 25.0. The molecule has 0 saturated carbocycles. The predicted octanol–water partition coefficient (Wildman–Crippen LogP) is 4.59. The summed E-state index contributed by atoms with van der Waals surface area (Å²) in [6.07, 6.45) is 2.19. The first-order valence-corrected chi connectivity index (χ1v) is 12.7. The second-order valence-electron chi connectivity index (χ2n) is 9.47. The molecule has 1 aliphatic heterocycles. The molecule has 37 heavy (non-hydrogen) atoms. The number of benzene rings is 2. The molecule has 1 aliphatic rings. The number of nitrogens with zero attached hydrogens (tertiary/aromatic N) is 5. The quantitative estimate of drug-likeness (QED) is 0.328. The minimum absolute atomic E-state index is 0.0482. The Morgan fingerprint density at radius 1 is 1.24 bits per heavy atom. The Bertz CT molecular complexity index is 1410. The largest absolute Gasteiger partial charge is 0.484 e. The molecule has 2 aromatic heterocycles. The topological polar surface area (TPSA) is 110 Å². The van der Waals surface area contributed by atoms with Crippen LogP contribution in [-0.4, -0.2) is 63.7 Å². The average Bonchev–Trinajstić information content (AvgIpc) is 3.52. The van der Waals surface area contributed by atoms with Crippen molar-refractivity contribution in [2.24, 2.45) is 13.0 Å². The molecule has 2 N–H and O–H groups in total. The van der Waals surface area contributed by atoms with Gasteiger partial charge in [-0.1, -0.05) is 25.4 Å². The Labute approximate surface area is 219 Å². The number of aryl methyl sites for hydroxylation is 1. The molecule has 0 radical (unpaired) electrons. The number of halogens is 1. The van der Waals surface area contributed by atoms with Crippen LogP contribution in [-0.2, 0) is 16.6 Å². The number of ether oxygens (including phenoxy) is 2. The summed E-state index contributed by atoms with van der Waals surface area (Å²) in [5, 5.41) is 16.2. The van der Waals surface area contributed by atoms with Gasteiger partial charge < -0.3 is 19.7 Å². The van der Waals surface area contributed by atoms with Crippen LogP contribution < -0.4 is 15.0 Å².